The predicted molar refractivity (Wildman–Crippen MR) is 71.2 cm³/mol. The first-order valence-electron chi connectivity index (χ1n) is 5.79. The van der Waals surface area contributed by atoms with Crippen LogP contribution in [-0.4, -0.2) is 37.1 Å². The van der Waals surface area contributed by atoms with E-state index >= 15 is 0 Å². The summed E-state index contributed by atoms with van der Waals surface area (Å²) in [5.41, 5.74) is 12.0. The molecule has 2 heterocycles. The molecule has 2 aromatic rings. The van der Waals surface area contributed by atoms with E-state index in [4.69, 9.17) is 16.6 Å². The lowest BCUT2D eigenvalue weighted by molar-refractivity contribution is -0.138. The van der Waals surface area contributed by atoms with Gasteiger partial charge in [-0.2, -0.15) is 0 Å². The summed E-state index contributed by atoms with van der Waals surface area (Å²) < 4.78 is 0. The molecule has 0 saturated carbocycles. The van der Waals surface area contributed by atoms with Crippen LogP contribution in [-0.2, 0) is 4.79 Å². The van der Waals surface area contributed by atoms with Gasteiger partial charge in [0.25, 0.3) is 0 Å². The van der Waals surface area contributed by atoms with Crippen LogP contribution in [0.2, 0.25) is 0 Å². The highest BCUT2D eigenvalue weighted by atomic mass is 16.4. The number of anilines is 1. The average molecular weight is 266 g/mol. The Morgan fingerprint density at radius 2 is 2.11 bits per heavy atom. The minimum Gasteiger partial charge on any atom is -0.480 e. The number of nitrogen functional groups attached to an aromatic ring is 1. The van der Waals surface area contributed by atoms with Crippen LogP contribution in [0.1, 0.15) is 20.3 Å². The van der Waals surface area contributed by atoms with Gasteiger partial charge in [-0.1, -0.05) is 13.8 Å². The Bertz CT molecular complexity index is 539. The summed E-state index contributed by atoms with van der Waals surface area (Å²) in [5, 5.41) is 8.31. The smallest absolute Gasteiger partial charge is 0.320 e. The molecule has 0 aliphatic heterocycles. The fraction of sp³-hybridized carbons (Fsp3) is 0.455. The van der Waals surface area contributed by atoms with Crippen LogP contribution >= 0.6 is 0 Å². The minimum atomic E-state index is -0.913. The molecule has 0 aliphatic rings. The van der Waals surface area contributed by atoms with Crippen molar-refractivity contribution in [2.24, 2.45) is 11.7 Å². The third kappa shape index (κ3) is 4.51. The number of carboxylic acid groups (broad SMARTS) is 1. The molecule has 2 rings (SSSR count). The fourth-order valence-electron chi connectivity index (χ4n) is 1.39. The number of H-pyrrole nitrogens is 1. The third-order valence-corrected chi connectivity index (χ3v) is 2.29. The van der Waals surface area contributed by atoms with Gasteiger partial charge in [0.15, 0.2) is 11.5 Å². The van der Waals surface area contributed by atoms with Gasteiger partial charge in [-0.3, -0.25) is 4.79 Å². The fourth-order valence-corrected chi connectivity index (χ4v) is 1.39. The van der Waals surface area contributed by atoms with Crippen LogP contribution in [0.25, 0.3) is 11.2 Å². The molecule has 0 amide bonds. The molecule has 0 spiro atoms. The molecule has 19 heavy (non-hydrogen) atoms. The molecule has 0 fully saturated rings. The zero-order chi connectivity index (χ0) is 14.4. The quantitative estimate of drug-likeness (QED) is 0.628. The van der Waals surface area contributed by atoms with Gasteiger partial charge in [0.05, 0.1) is 6.33 Å². The second-order valence-corrected chi connectivity index (χ2v) is 4.43. The number of aromatic nitrogens is 4. The number of carbonyl (C=O) groups is 1. The number of nitrogens with one attached hydrogen (secondary N) is 1. The highest BCUT2D eigenvalue weighted by Crippen LogP contribution is 2.09. The monoisotopic (exact) mass is 266 g/mol. The molecule has 0 saturated heterocycles. The number of aromatic amines is 1. The van der Waals surface area contributed by atoms with Crippen molar-refractivity contribution in [3.05, 3.63) is 12.7 Å². The first-order chi connectivity index (χ1) is 8.91. The number of nitrogens with two attached hydrogens (primary N) is 2. The third-order valence-electron chi connectivity index (χ3n) is 2.29. The van der Waals surface area contributed by atoms with Crippen molar-refractivity contribution in [2.45, 2.75) is 26.3 Å². The van der Waals surface area contributed by atoms with Crippen molar-refractivity contribution in [3.63, 3.8) is 0 Å². The van der Waals surface area contributed by atoms with Crippen molar-refractivity contribution in [2.75, 3.05) is 5.73 Å². The summed E-state index contributed by atoms with van der Waals surface area (Å²) in [4.78, 5) is 24.5. The Morgan fingerprint density at radius 1 is 1.42 bits per heavy atom. The van der Waals surface area contributed by atoms with Crippen LogP contribution < -0.4 is 11.5 Å². The predicted octanol–water partition coefficient (Wildman–Crippen LogP) is 0.380. The van der Waals surface area contributed by atoms with Crippen molar-refractivity contribution in [1.82, 2.24) is 19.9 Å². The molecule has 0 aliphatic carbocycles. The second kappa shape index (κ2) is 6.64. The van der Waals surface area contributed by atoms with E-state index in [9.17, 15) is 4.79 Å². The van der Waals surface area contributed by atoms with E-state index in [0.29, 0.717) is 29.3 Å². The Hall–Kier alpha value is -2.22. The minimum absolute atomic E-state index is 0.357. The summed E-state index contributed by atoms with van der Waals surface area (Å²) in [6.07, 6.45) is 3.48. The molecular formula is C11H18N6O2. The molecule has 8 heteroatoms. The molecule has 0 bridgehead atoms. The maximum absolute atomic E-state index is 10.1. The lowest BCUT2D eigenvalue weighted by atomic mass is 10.1. The van der Waals surface area contributed by atoms with Gasteiger partial charge in [0.2, 0.25) is 0 Å². The van der Waals surface area contributed by atoms with Gasteiger partial charge in [-0.05, 0) is 12.3 Å². The second-order valence-electron chi connectivity index (χ2n) is 4.43. The first-order valence-corrected chi connectivity index (χ1v) is 5.79. The van der Waals surface area contributed by atoms with Crippen LogP contribution in [0.3, 0.4) is 0 Å². The van der Waals surface area contributed by atoms with Gasteiger partial charge in [-0.25, -0.2) is 15.0 Å². The standard InChI is InChI=1S/C6H13NO2.C5H5N5/c1-4(2)3-5(7)6(8)9;6-4-3-5(9-1-7-3)10-2-8-4/h4-5H,3,7H2,1-2H3,(H,8,9);1-2H,(H3,6,7,8,9,10)/t5-;/m0./s1. The molecule has 6 N–H and O–H groups in total. The van der Waals surface area contributed by atoms with Crippen LogP contribution in [0.4, 0.5) is 5.82 Å². The topological polar surface area (TPSA) is 144 Å². The van der Waals surface area contributed by atoms with Crippen molar-refractivity contribution < 1.29 is 9.90 Å². The largest absolute Gasteiger partial charge is 0.480 e. The number of rotatable bonds is 3. The van der Waals surface area contributed by atoms with Crippen LogP contribution in [0.15, 0.2) is 12.7 Å². The molecule has 8 nitrogen and oxygen atoms in total. The van der Waals surface area contributed by atoms with E-state index in [1.807, 2.05) is 13.8 Å². The summed E-state index contributed by atoms with van der Waals surface area (Å²) >= 11 is 0. The Labute approximate surface area is 110 Å². The van der Waals surface area contributed by atoms with Gasteiger partial charge in [0.1, 0.15) is 17.9 Å². The number of hydrogen-bond donors (Lipinski definition) is 4. The summed E-state index contributed by atoms with van der Waals surface area (Å²) in [6, 6.07) is -0.690. The van der Waals surface area contributed by atoms with Gasteiger partial charge in [-0.15, -0.1) is 0 Å². The number of imidazole rings is 1. The number of hydrogen-bond acceptors (Lipinski definition) is 6. The van der Waals surface area contributed by atoms with Gasteiger partial charge < -0.3 is 21.6 Å². The van der Waals surface area contributed by atoms with E-state index in [1.165, 1.54) is 12.7 Å². The van der Waals surface area contributed by atoms with Crippen LogP contribution in [0, 0.1) is 5.92 Å². The highest BCUT2D eigenvalue weighted by molar-refractivity contribution is 5.80. The molecule has 0 unspecified atom stereocenters. The lowest BCUT2D eigenvalue weighted by Gasteiger charge is -2.07. The normalized spacial score (nSPS) is 12.0. The van der Waals surface area contributed by atoms with E-state index < -0.39 is 12.0 Å². The average Bonchev–Trinajstić information content (AvgIpc) is 2.78. The van der Waals surface area contributed by atoms with Gasteiger partial charge in [0, 0.05) is 0 Å². The van der Waals surface area contributed by atoms with E-state index in [1.54, 1.807) is 0 Å². The summed E-state index contributed by atoms with van der Waals surface area (Å²) in [5.74, 6) is -0.123. The number of fused-ring (bicyclic) bond motifs is 1. The Morgan fingerprint density at radius 3 is 2.58 bits per heavy atom. The summed E-state index contributed by atoms with van der Waals surface area (Å²) in [7, 11) is 0. The SMILES string of the molecule is CC(C)C[C@H](N)C(=O)O.Nc1ncnc2nc[nH]c12. The first kappa shape index (κ1) is 14.8. The van der Waals surface area contributed by atoms with Crippen LogP contribution in [0.5, 0.6) is 0 Å². The van der Waals surface area contributed by atoms with Crippen molar-refractivity contribution in [1.29, 1.82) is 0 Å². The number of carboxylic acids is 1. The van der Waals surface area contributed by atoms with Crippen molar-refractivity contribution >= 4 is 23.0 Å². The Balaban J connectivity index is 0.000000192. The molecule has 0 radical (unpaired) electrons. The molecule has 0 aromatic carbocycles. The molecule has 1 atom stereocenters. The zero-order valence-electron chi connectivity index (χ0n) is 10.9. The number of aliphatic carboxylic acids is 1. The maximum atomic E-state index is 10.1. The number of nitrogens with zero attached hydrogens (tertiary/aromatic N) is 3. The Kier molecular flexibility index (Phi) is 5.19. The molecule has 104 valence electrons. The van der Waals surface area contributed by atoms with E-state index in [2.05, 4.69) is 19.9 Å². The highest BCUT2D eigenvalue weighted by Gasteiger charge is 2.11. The molecular weight excluding hydrogens is 248 g/mol. The van der Waals surface area contributed by atoms with E-state index in [0.717, 1.165) is 0 Å². The zero-order valence-corrected chi connectivity index (χ0v) is 10.9. The maximum Gasteiger partial charge on any atom is 0.320 e. The van der Waals surface area contributed by atoms with Crippen molar-refractivity contribution in [3.8, 4) is 0 Å². The van der Waals surface area contributed by atoms with E-state index in [-0.39, 0.29) is 0 Å². The van der Waals surface area contributed by atoms with Gasteiger partial charge >= 0.3 is 5.97 Å². The lowest BCUT2D eigenvalue weighted by Crippen LogP contribution is -2.31. The molecule has 2 aromatic heterocycles. The summed E-state index contributed by atoms with van der Waals surface area (Å²) in [6.45, 7) is 3.89.